The van der Waals surface area contributed by atoms with E-state index in [-0.39, 0.29) is 29.2 Å². The summed E-state index contributed by atoms with van der Waals surface area (Å²) in [4.78, 5) is 37.5. The van der Waals surface area contributed by atoms with Gasteiger partial charge in [0, 0.05) is 30.6 Å². The number of carboxylic acid groups (broad SMARTS) is 1. The van der Waals surface area contributed by atoms with Gasteiger partial charge in [0.2, 0.25) is 0 Å². The van der Waals surface area contributed by atoms with Crippen LogP contribution in [-0.2, 0) is 23.9 Å². The summed E-state index contributed by atoms with van der Waals surface area (Å²) in [6.45, 7) is 7.45. The lowest BCUT2D eigenvalue weighted by molar-refractivity contribution is -0.178. The van der Waals surface area contributed by atoms with Gasteiger partial charge in [-0.3, -0.25) is 14.4 Å². The van der Waals surface area contributed by atoms with Crippen molar-refractivity contribution in [3.63, 3.8) is 0 Å². The summed E-state index contributed by atoms with van der Waals surface area (Å²) in [5, 5.41) is 10.4. The number of carbonyl (C=O) groups excluding carboxylic acids is 2. The van der Waals surface area contributed by atoms with Crippen molar-refractivity contribution in [3.8, 4) is 0 Å². The van der Waals surface area contributed by atoms with Crippen molar-refractivity contribution >= 4 is 17.9 Å². The molecule has 0 aromatic heterocycles. The van der Waals surface area contributed by atoms with Gasteiger partial charge >= 0.3 is 17.9 Å². The van der Waals surface area contributed by atoms with Crippen LogP contribution in [0.1, 0.15) is 59.8 Å². The molecular formula is C22H28O6. The average molecular weight is 388 g/mol. The summed E-state index contributed by atoms with van der Waals surface area (Å²) in [5.74, 6) is -2.54. The first kappa shape index (κ1) is 18.2. The van der Waals surface area contributed by atoms with Crippen LogP contribution in [-0.4, -0.2) is 34.2 Å². The Morgan fingerprint density at radius 3 is 2.61 bits per heavy atom. The number of esters is 2. The lowest BCUT2D eigenvalue weighted by Crippen LogP contribution is -2.50. The molecule has 7 atom stereocenters. The average Bonchev–Trinajstić information content (AvgIpc) is 2.93. The van der Waals surface area contributed by atoms with Crippen LogP contribution in [0.15, 0.2) is 12.2 Å². The summed E-state index contributed by atoms with van der Waals surface area (Å²) in [6, 6.07) is 0. The SMILES string of the molecule is CC(=O)O[C@]12CC[C@@H]3[C@](CC1(C)C)(C2)[C@@H](C(=O)O)[C@H]1[C@@]32CC=C[C@]1(C)C(=O)O2. The number of carboxylic acids is 1. The number of hydrogen-bond acceptors (Lipinski definition) is 5. The van der Waals surface area contributed by atoms with E-state index in [0.29, 0.717) is 32.1 Å². The van der Waals surface area contributed by atoms with Gasteiger partial charge in [0.05, 0.1) is 11.3 Å². The van der Waals surface area contributed by atoms with E-state index in [1.807, 2.05) is 19.1 Å². The minimum Gasteiger partial charge on any atom is -0.481 e. The first-order valence-electron chi connectivity index (χ1n) is 10.3. The number of fused-ring (bicyclic) bond motifs is 1. The second-order valence-corrected chi connectivity index (χ2v) is 10.7. The first-order chi connectivity index (χ1) is 12.9. The van der Waals surface area contributed by atoms with Gasteiger partial charge in [-0.2, -0.15) is 0 Å². The van der Waals surface area contributed by atoms with E-state index in [1.54, 1.807) is 0 Å². The van der Waals surface area contributed by atoms with Crippen molar-refractivity contribution in [2.24, 2.45) is 34.0 Å². The molecule has 1 saturated heterocycles. The fraction of sp³-hybridized carbons (Fsp3) is 0.773. The Labute approximate surface area is 164 Å². The quantitative estimate of drug-likeness (QED) is 0.577. The molecule has 0 amide bonds. The number of hydrogen-bond donors (Lipinski definition) is 1. The summed E-state index contributed by atoms with van der Waals surface area (Å²) in [6.07, 6.45) is 7.07. The van der Waals surface area contributed by atoms with Gasteiger partial charge in [0.15, 0.2) is 0 Å². The fourth-order valence-corrected chi connectivity index (χ4v) is 8.41. The molecule has 1 spiro atoms. The maximum atomic E-state index is 12.8. The lowest BCUT2D eigenvalue weighted by Gasteiger charge is -2.47. The highest BCUT2D eigenvalue weighted by atomic mass is 16.6. The highest BCUT2D eigenvalue weighted by Crippen LogP contribution is 2.80. The Bertz CT molecular complexity index is 844. The highest BCUT2D eigenvalue weighted by Gasteiger charge is 2.84. The van der Waals surface area contributed by atoms with Crippen molar-refractivity contribution in [1.82, 2.24) is 0 Å². The van der Waals surface area contributed by atoms with E-state index < -0.39 is 33.9 Å². The van der Waals surface area contributed by atoms with Gasteiger partial charge in [-0.05, 0) is 38.0 Å². The highest BCUT2D eigenvalue weighted by molar-refractivity contribution is 5.86. The number of rotatable bonds is 2. The Kier molecular flexibility index (Phi) is 3.13. The fourth-order valence-electron chi connectivity index (χ4n) is 8.41. The molecule has 5 rings (SSSR count). The Morgan fingerprint density at radius 2 is 1.96 bits per heavy atom. The van der Waals surface area contributed by atoms with E-state index in [2.05, 4.69) is 13.8 Å². The molecule has 0 aromatic rings. The molecule has 1 aliphatic heterocycles. The third-order valence-corrected chi connectivity index (χ3v) is 9.09. The predicted molar refractivity (Wildman–Crippen MR) is 98.0 cm³/mol. The van der Waals surface area contributed by atoms with Crippen molar-refractivity contribution in [2.75, 3.05) is 0 Å². The molecule has 3 saturated carbocycles. The molecule has 6 heteroatoms. The molecule has 28 heavy (non-hydrogen) atoms. The summed E-state index contributed by atoms with van der Waals surface area (Å²) in [7, 11) is 0. The van der Waals surface area contributed by atoms with Crippen molar-refractivity contribution < 1.29 is 29.0 Å². The van der Waals surface area contributed by atoms with Gasteiger partial charge in [0.25, 0.3) is 0 Å². The number of aliphatic carboxylic acids is 1. The third kappa shape index (κ3) is 1.70. The van der Waals surface area contributed by atoms with Crippen LogP contribution >= 0.6 is 0 Å². The molecule has 152 valence electrons. The van der Waals surface area contributed by atoms with Crippen LogP contribution in [0.2, 0.25) is 0 Å². The minimum atomic E-state index is -0.899. The zero-order valence-corrected chi connectivity index (χ0v) is 16.9. The largest absolute Gasteiger partial charge is 0.481 e. The van der Waals surface area contributed by atoms with Crippen LogP contribution < -0.4 is 0 Å². The molecule has 1 N–H and O–H groups in total. The van der Waals surface area contributed by atoms with Crippen LogP contribution in [0.4, 0.5) is 0 Å². The van der Waals surface area contributed by atoms with Crippen LogP contribution in [0.25, 0.3) is 0 Å². The smallest absolute Gasteiger partial charge is 0.316 e. The van der Waals surface area contributed by atoms with Gasteiger partial charge < -0.3 is 14.6 Å². The molecule has 0 radical (unpaired) electrons. The molecular weight excluding hydrogens is 360 g/mol. The van der Waals surface area contributed by atoms with E-state index in [4.69, 9.17) is 9.47 Å². The van der Waals surface area contributed by atoms with Crippen molar-refractivity contribution in [1.29, 1.82) is 0 Å². The van der Waals surface area contributed by atoms with Gasteiger partial charge in [-0.1, -0.05) is 26.0 Å². The lowest BCUT2D eigenvalue weighted by atomic mass is 9.62. The third-order valence-electron chi connectivity index (χ3n) is 9.09. The van der Waals surface area contributed by atoms with E-state index in [0.717, 1.165) is 0 Å². The molecule has 4 bridgehead atoms. The normalized spacial score (nSPS) is 52.0. The maximum Gasteiger partial charge on any atom is 0.316 e. The Balaban J connectivity index is 1.71. The van der Waals surface area contributed by atoms with Crippen LogP contribution in [0.5, 0.6) is 0 Å². The molecule has 0 unspecified atom stereocenters. The van der Waals surface area contributed by atoms with Crippen LogP contribution in [0.3, 0.4) is 0 Å². The van der Waals surface area contributed by atoms with E-state index in [1.165, 1.54) is 6.92 Å². The summed E-state index contributed by atoms with van der Waals surface area (Å²) >= 11 is 0. The Morgan fingerprint density at radius 1 is 1.25 bits per heavy atom. The monoisotopic (exact) mass is 388 g/mol. The molecule has 4 fully saturated rings. The zero-order chi connectivity index (χ0) is 20.3. The standard InChI is InChI=1S/C22H28O6/c1-12(23)27-21-9-6-13-20(11-21,10-18(21,2)3)14(16(24)25)15-19(4)7-5-8-22(13,15)28-17(19)26/h5,7,13-15H,6,8-11H2,1-4H3,(H,24,25)/t13-,14-,15-,19+,20+,21+,22-/m1/s1. The maximum absolute atomic E-state index is 12.8. The molecule has 1 heterocycles. The van der Waals surface area contributed by atoms with Crippen molar-refractivity contribution in [2.45, 2.75) is 71.0 Å². The number of ether oxygens (including phenoxy) is 2. The van der Waals surface area contributed by atoms with E-state index in [9.17, 15) is 19.5 Å². The van der Waals surface area contributed by atoms with Crippen LogP contribution in [0, 0.1) is 34.0 Å². The number of carbonyl (C=O) groups is 3. The van der Waals surface area contributed by atoms with Crippen molar-refractivity contribution in [3.05, 3.63) is 12.2 Å². The van der Waals surface area contributed by atoms with Gasteiger partial charge in [-0.15, -0.1) is 0 Å². The zero-order valence-electron chi connectivity index (χ0n) is 16.9. The Hall–Kier alpha value is -1.85. The van der Waals surface area contributed by atoms with Gasteiger partial charge in [0.1, 0.15) is 11.2 Å². The molecule has 0 aromatic carbocycles. The minimum absolute atomic E-state index is 0.0210. The summed E-state index contributed by atoms with van der Waals surface area (Å²) < 4.78 is 12.0. The molecule has 5 aliphatic rings. The molecule has 6 nitrogen and oxygen atoms in total. The first-order valence-corrected chi connectivity index (χ1v) is 10.3. The predicted octanol–water partition coefficient (Wildman–Crippen LogP) is 3.10. The van der Waals surface area contributed by atoms with E-state index >= 15 is 0 Å². The molecule has 4 aliphatic carbocycles. The summed E-state index contributed by atoms with van der Waals surface area (Å²) in [5.41, 5.74) is -3.15. The second-order valence-electron chi connectivity index (χ2n) is 10.7. The second kappa shape index (κ2) is 4.82. The topological polar surface area (TPSA) is 89.9 Å². The van der Waals surface area contributed by atoms with Gasteiger partial charge in [-0.25, -0.2) is 0 Å².